The Balaban J connectivity index is 2.01. The highest BCUT2D eigenvalue weighted by molar-refractivity contribution is 5.82. The summed E-state index contributed by atoms with van der Waals surface area (Å²) >= 11 is 0. The van der Waals surface area contributed by atoms with E-state index in [0.29, 0.717) is 0 Å². The van der Waals surface area contributed by atoms with Gasteiger partial charge >= 0.3 is 0 Å². The first-order valence-corrected chi connectivity index (χ1v) is 6.55. The average molecular weight is 267 g/mol. The summed E-state index contributed by atoms with van der Waals surface area (Å²) in [5.41, 5.74) is 4.95. The van der Waals surface area contributed by atoms with Crippen molar-refractivity contribution in [2.45, 2.75) is 12.5 Å². The molecule has 0 amide bonds. The van der Waals surface area contributed by atoms with Crippen molar-refractivity contribution in [2.24, 2.45) is 12.9 Å². The molecular formula is C15H17N5. The Morgan fingerprint density at radius 2 is 2.05 bits per heavy atom. The van der Waals surface area contributed by atoms with Crippen molar-refractivity contribution < 1.29 is 0 Å². The van der Waals surface area contributed by atoms with E-state index >= 15 is 0 Å². The number of hydrogen-bond acceptors (Lipinski definition) is 4. The van der Waals surface area contributed by atoms with Gasteiger partial charge in [0.2, 0.25) is 0 Å². The first-order valence-electron chi connectivity index (χ1n) is 6.55. The Morgan fingerprint density at radius 3 is 2.80 bits per heavy atom. The quantitative estimate of drug-likeness (QED) is 0.558. The molecule has 0 spiro atoms. The molecule has 1 atom stereocenters. The number of benzene rings is 1. The monoisotopic (exact) mass is 267 g/mol. The predicted molar refractivity (Wildman–Crippen MR) is 78.7 cm³/mol. The lowest BCUT2D eigenvalue weighted by Crippen LogP contribution is -2.30. The maximum atomic E-state index is 5.75. The van der Waals surface area contributed by atoms with Crippen molar-refractivity contribution in [1.29, 1.82) is 0 Å². The van der Waals surface area contributed by atoms with Gasteiger partial charge in [0.25, 0.3) is 0 Å². The molecule has 3 rings (SSSR count). The van der Waals surface area contributed by atoms with Crippen LogP contribution in [-0.2, 0) is 13.5 Å². The van der Waals surface area contributed by atoms with Gasteiger partial charge in [0.05, 0.1) is 11.6 Å². The van der Waals surface area contributed by atoms with E-state index in [0.717, 1.165) is 28.7 Å². The molecular weight excluding hydrogens is 250 g/mol. The molecule has 0 aliphatic heterocycles. The highest BCUT2D eigenvalue weighted by Gasteiger charge is 2.16. The van der Waals surface area contributed by atoms with Gasteiger partial charge in [0.15, 0.2) is 0 Å². The van der Waals surface area contributed by atoms with Gasteiger partial charge in [-0.2, -0.15) is 0 Å². The number of nitrogens with two attached hydrogens (primary N) is 1. The van der Waals surface area contributed by atoms with Crippen molar-refractivity contribution >= 4 is 10.9 Å². The molecule has 20 heavy (non-hydrogen) atoms. The molecule has 102 valence electrons. The minimum absolute atomic E-state index is 0.0188. The Morgan fingerprint density at radius 1 is 1.20 bits per heavy atom. The third-order valence-electron chi connectivity index (χ3n) is 3.55. The van der Waals surface area contributed by atoms with Crippen LogP contribution in [0.5, 0.6) is 0 Å². The molecule has 0 saturated heterocycles. The Bertz CT molecular complexity index is 714. The summed E-state index contributed by atoms with van der Waals surface area (Å²) in [4.78, 5) is 8.84. The molecule has 3 N–H and O–H groups in total. The summed E-state index contributed by atoms with van der Waals surface area (Å²) < 4.78 is 2.00. The number of pyridine rings is 1. The smallest absolute Gasteiger partial charge is 0.110 e. The maximum absolute atomic E-state index is 5.75. The van der Waals surface area contributed by atoms with Crippen molar-refractivity contribution in [3.63, 3.8) is 0 Å². The second-order valence-electron chi connectivity index (χ2n) is 4.80. The number of hydrogen-bond donors (Lipinski definition) is 2. The maximum Gasteiger partial charge on any atom is 0.110 e. The first kappa shape index (κ1) is 12.8. The number of aromatic nitrogens is 3. The molecule has 0 aliphatic rings. The van der Waals surface area contributed by atoms with Gasteiger partial charge in [-0.3, -0.25) is 16.3 Å². The zero-order chi connectivity index (χ0) is 13.9. The van der Waals surface area contributed by atoms with Crippen LogP contribution in [0.2, 0.25) is 0 Å². The van der Waals surface area contributed by atoms with Crippen molar-refractivity contribution in [3.8, 4) is 0 Å². The summed E-state index contributed by atoms with van der Waals surface area (Å²) in [6, 6.07) is 10.1. The number of nitrogens with zero attached hydrogens (tertiary/aromatic N) is 3. The number of nitrogens with one attached hydrogen (secondary N) is 1. The summed E-state index contributed by atoms with van der Waals surface area (Å²) in [5, 5.41) is 1.12. The van der Waals surface area contributed by atoms with E-state index in [1.165, 1.54) is 0 Å². The van der Waals surface area contributed by atoms with Crippen molar-refractivity contribution in [2.75, 3.05) is 0 Å². The fourth-order valence-electron chi connectivity index (χ4n) is 2.44. The van der Waals surface area contributed by atoms with Crippen LogP contribution in [0.1, 0.15) is 17.4 Å². The van der Waals surface area contributed by atoms with E-state index < -0.39 is 0 Å². The van der Waals surface area contributed by atoms with E-state index in [2.05, 4.69) is 33.6 Å². The van der Waals surface area contributed by atoms with Crippen molar-refractivity contribution in [3.05, 3.63) is 60.3 Å². The van der Waals surface area contributed by atoms with Gasteiger partial charge in [0.1, 0.15) is 5.82 Å². The number of imidazole rings is 1. The molecule has 2 heterocycles. The van der Waals surface area contributed by atoms with E-state index in [4.69, 9.17) is 5.84 Å². The molecule has 0 aliphatic carbocycles. The summed E-state index contributed by atoms with van der Waals surface area (Å²) in [6.45, 7) is 0. The summed E-state index contributed by atoms with van der Waals surface area (Å²) in [6.07, 6.45) is 6.25. The third kappa shape index (κ3) is 2.29. The van der Waals surface area contributed by atoms with Gasteiger partial charge in [-0.25, -0.2) is 4.98 Å². The molecule has 0 saturated carbocycles. The van der Waals surface area contributed by atoms with Gasteiger partial charge in [-0.15, -0.1) is 0 Å². The molecule has 0 bridgehead atoms. The minimum Gasteiger partial charge on any atom is -0.338 e. The number of hydrazine groups is 1. The lowest BCUT2D eigenvalue weighted by atomic mass is 10.0. The predicted octanol–water partition coefficient (Wildman–Crippen LogP) is 1.72. The zero-order valence-corrected chi connectivity index (χ0v) is 11.3. The number of rotatable bonds is 4. The van der Waals surface area contributed by atoms with Crippen LogP contribution in [0.3, 0.4) is 0 Å². The van der Waals surface area contributed by atoms with Gasteiger partial charge in [0, 0.05) is 37.4 Å². The largest absolute Gasteiger partial charge is 0.338 e. The molecule has 0 radical (unpaired) electrons. The Kier molecular flexibility index (Phi) is 3.45. The first-order chi connectivity index (χ1) is 9.79. The minimum atomic E-state index is -0.0188. The number of aryl methyl sites for hydroxylation is 1. The van der Waals surface area contributed by atoms with Crippen LogP contribution in [0.25, 0.3) is 10.9 Å². The highest BCUT2D eigenvalue weighted by atomic mass is 15.2. The molecule has 3 aromatic rings. The van der Waals surface area contributed by atoms with E-state index in [1.54, 1.807) is 12.4 Å². The number of para-hydroxylation sites is 1. The lowest BCUT2D eigenvalue weighted by Gasteiger charge is -2.17. The third-order valence-corrected chi connectivity index (χ3v) is 3.55. The summed E-state index contributed by atoms with van der Waals surface area (Å²) in [7, 11) is 1.98. The molecule has 2 aromatic heterocycles. The van der Waals surface area contributed by atoms with E-state index in [9.17, 15) is 0 Å². The second kappa shape index (κ2) is 5.40. The molecule has 1 unspecified atom stereocenters. The van der Waals surface area contributed by atoms with Crippen LogP contribution in [0.15, 0.2) is 48.9 Å². The van der Waals surface area contributed by atoms with Crippen LogP contribution in [0, 0.1) is 0 Å². The molecule has 5 nitrogen and oxygen atoms in total. The molecule has 0 fully saturated rings. The van der Waals surface area contributed by atoms with Crippen LogP contribution < -0.4 is 11.3 Å². The lowest BCUT2D eigenvalue weighted by molar-refractivity contribution is 0.533. The zero-order valence-electron chi connectivity index (χ0n) is 11.3. The Labute approximate surface area is 117 Å². The van der Waals surface area contributed by atoms with Crippen molar-refractivity contribution in [1.82, 2.24) is 20.0 Å². The van der Waals surface area contributed by atoms with Crippen LogP contribution in [0.4, 0.5) is 0 Å². The average Bonchev–Trinajstić information content (AvgIpc) is 2.89. The fraction of sp³-hybridized carbons (Fsp3) is 0.200. The topological polar surface area (TPSA) is 68.8 Å². The standard InChI is InChI=1S/C15H17N5/c1-20-9-8-17-14(20)10-13(19-16)12-6-2-4-11-5-3-7-18-15(11)12/h2-9,13,19H,10,16H2,1H3. The van der Waals surface area contributed by atoms with E-state index in [-0.39, 0.29) is 6.04 Å². The Hall–Kier alpha value is -2.24. The highest BCUT2D eigenvalue weighted by Crippen LogP contribution is 2.24. The van der Waals surface area contributed by atoms with Gasteiger partial charge in [-0.05, 0) is 11.6 Å². The van der Waals surface area contributed by atoms with Gasteiger partial charge < -0.3 is 4.57 Å². The van der Waals surface area contributed by atoms with Crippen LogP contribution in [-0.4, -0.2) is 14.5 Å². The van der Waals surface area contributed by atoms with E-state index in [1.807, 2.05) is 29.9 Å². The van der Waals surface area contributed by atoms with Gasteiger partial charge in [-0.1, -0.05) is 24.3 Å². The second-order valence-corrected chi connectivity index (χ2v) is 4.80. The number of fused-ring (bicyclic) bond motifs is 1. The summed E-state index contributed by atoms with van der Waals surface area (Å²) in [5.74, 6) is 6.73. The molecule has 5 heteroatoms. The SMILES string of the molecule is Cn1ccnc1CC(NN)c1cccc2cccnc12. The normalized spacial score (nSPS) is 12.7. The molecule has 1 aromatic carbocycles. The fourth-order valence-corrected chi connectivity index (χ4v) is 2.44. The van der Waals surface area contributed by atoms with Crippen LogP contribution >= 0.6 is 0 Å².